The summed E-state index contributed by atoms with van der Waals surface area (Å²) in [4.78, 5) is 25.7. The Kier molecular flexibility index (Phi) is 4.42. The maximum absolute atomic E-state index is 12.2. The van der Waals surface area contributed by atoms with Gasteiger partial charge in [-0.2, -0.15) is 0 Å². The first-order chi connectivity index (χ1) is 11.2. The van der Waals surface area contributed by atoms with Crippen molar-refractivity contribution in [1.29, 1.82) is 0 Å². The first kappa shape index (κ1) is 15.3. The summed E-state index contributed by atoms with van der Waals surface area (Å²) in [5.41, 5.74) is 2.18. The molecule has 0 atom stereocenters. The molecule has 0 fully saturated rings. The van der Waals surface area contributed by atoms with E-state index in [9.17, 15) is 9.59 Å². The second-order valence-corrected chi connectivity index (χ2v) is 5.68. The number of imide groups is 1. The Hall–Kier alpha value is -2.62. The van der Waals surface area contributed by atoms with E-state index in [2.05, 4.69) is 0 Å². The highest BCUT2D eigenvalue weighted by molar-refractivity contribution is 6.21. The van der Waals surface area contributed by atoms with Crippen LogP contribution in [-0.2, 0) is 0 Å². The molecule has 0 unspecified atom stereocenters. The average Bonchev–Trinajstić information content (AvgIpc) is 2.80. The van der Waals surface area contributed by atoms with Gasteiger partial charge in [-0.3, -0.25) is 14.5 Å². The van der Waals surface area contributed by atoms with Crippen molar-refractivity contribution in [1.82, 2.24) is 4.90 Å². The lowest BCUT2D eigenvalue weighted by atomic mass is 10.1. The van der Waals surface area contributed by atoms with Gasteiger partial charge in [0, 0.05) is 6.54 Å². The molecule has 2 aromatic rings. The molecule has 1 heterocycles. The van der Waals surface area contributed by atoms with Crippen LogP contribution in [0.1, 0.15) is 39.1 Å². The molecule has 0 spiro atoms. The average molecular weight is 309 g/mol. The molecule has 1 aliphatic heterocycles. The molecule has 0 saturated heterocycles. The van der Waals surface area contributed by atoms with Crippen molar-refractivity contribution < 1.29 is 14.3 Å². The van der Waals surface area contributed by atoms with Crippen LogP contribution in [0.2, 0.25) is 0 Å². The van der Waals surface area contributed by atoms with E-state index in [0.29, 0.717) is 24.3 Å². The van der Waals surface area contributed by atoms with Crippen molar-refractivity contribution in [3.05, 3.63) is 65.2 Å². The van der Waals surface area contributed by atoms with E-state index in [0.717, 1.165) is 24.2 Å². The standard InChI is InChI=1S/C19H19NO3/c1-14-7-6-8-15(13-14)23-12-5-4-11-20-18(21)16-9-2-3-10-17(16)19(20)22/h2-3,6-10,13H,4-5,11-12H2,1H3. The first-order valence-electron chi connectivity index (χ1n) is 7.81. The van der Waals surface area contributed by atoms with Crippen molar-refractivity contribution in [3.63, 3.8) is 0 Å². The van der Waals surface area contributed by atoms with Crippen LogP contribution < -0.4 is 4.74 Å². The van der Waals surface area contributed by atoms with Gasteiger partial charge in [0.2, 0.25) is 0 Å². The molecule has 0 saturated carbocycles. The maximum Gasteiger partial charge on any atom is 0.261 e. The normalized spacial score (nSPS) is 13.3. The Morgan fingerprint density at radius 3 is 2.26 bits per heavy atom. The van der Waals surface area contributed by atoms with Crippen LogP contribution in [0.3, 0.4) is 0 Å². The number of amides is 2. The molecule has 4 heteroatoms. The lowest BCUT2D eigenvalue weighted by Crippen LogP contribution is -2.30. The number of ether oxygens (including phenoxy) is 1. The summed E-state index contributed by atoms with van der Waals surface area (Å²) in [6, 6.07) is 14.9. The van der Waals surface area contributed by atoms with Gasteiger partial charge in [0.1, 0.15) is 5.75 Å². The zero-order valence-electron chi connectivity index (χ0n) is 13.1. The number of unbranched alkanes of at least 4 members (excludes halogenated alkanes) is 1. The third-order valence-corrected chi connectivity index (χ3v) is 3.91. The van der Waals surface area contributed by atoms with Crippen LogP contribution in [0.5, 0.6) is 5.75 Å². The van der Waals surface area contributed by atoms with E-state index < -0.39 is 0 Å². The summed E-state index contributed by atoms with van der Waals surface area (Å²) in [6.07, 6.45) is 1.53. The van der Waals surface area contributed by atoms with Gasteiger partial charge in [-0.1, -0.05) is 24.3 Å². The van der Waals surface area contributed by atoms with Gasteiger partial charge in [0.05, 0.1) is 17.7 Å². The molecule has 118 valence electrons. The number of hydrogen-bond acceptors (Lipinski definition) is 3. The fourth-order valence-corrected chi connectivity index (χ4v) is 2.71. The molecule has 1 aliphatic rings. The van der Waals surface area contributed by atoms with E-state index in [1.807, 2.05) is 31.2 Å². The summed E-state index contributed by atoms with van der Waals surface area (Å²) in [5.74, 6) is 0.473. The molecule has 23 heavy (non-hydrogen) atoms. The third kappa shape index (κ3) is 3.26. The molecular formula is C19H19NO3. The molecule has 2 amide bonds. The van der Waals surface area contributed by atoms with E-state index in [-0.39, 0.29) is 11.8 Å². The van der Waals surface area contributed by atoms with Crippen LogP contribution in [0, 0.1) is 6.92 Å². The number of hydrogen-bond donors (Lipinski definition) is 0. The predicted octanol–water partition coefficient (Wildman–Crippen LogP) is 3.45. The molecular weight excluding hydrogens is 290 g/mol. The van der Waals surface area contributed by atoms with E-state index >= 15 is 0 Å². The van der Waals surface area contributed by atoms with Gasteiger partial charge in [-0.25, -0.2) is 0 Å². The number of carbonyl (C=O) groups excluding carboxylic acids is 2. The van der Waals surface area contributed by atoms with E-state index in [1.165, 1.54) is 4.90 Å². The minimum atomic E-state index is -0.190. The van der Waals surface area contributed by atoms with Gasteiger partial charge in [0.25, 0.3) is 11.8 Å². The molecule has 0 N–H and O–H groups in total. The minimum Gasteiger partial charge on any atom is -0.494 e. The Balaban J connectivity index is 1.47. The van der Waals surface area contributed by atoms with Gasteiger partial charge in [0.15, 0.2) is 0 Å². The van der Waals surface area contributed by atoms with Gasteiger partial charge in [-0.05, 0) is 49.6 Å². The van der Waals surface area contributed by atoms with Crippen molar-refractivity contribution in [2.24, 2.45) is 0 Å². The topological polar surface area (TPSA) is 46.6 Å². The Morgan fingerprint density at radius 1 is 0.913 bits per heavy atom. The number of nitrogens with zero attached hydrogens (tertiary/aromatic N) is 1. The third-order valence-electron chi connectivity index (χ3n) is 3.91. The molecule has 2 aromatic carbocycles. The van der Waals surface area contributed by atoms with Gasteiger partial charge >= 0.3 is 0 Å². The smallest absolute Gasteiger partial charge is 0.261 e. The number of aryl methyl sites for hydroxylation is 1. The molecule has 3 rings (SSSR count). The molecule has 0 aromatic heterocycles. The van der Waals surface area contributed by atoms with Crippen LogP contribution in [0.25, 0.3) is 0 Å². The number of rotatable bonds is 6. The molecule has 0 bridgehead atoms. The fraction of sp³-hybridized carbons (Fsp3) is 0.263. The number of benzene rings is 2. The molecule has 0 radical (unpaired) electrons. The minimum absolute atomic E-state index is 0.190. The monoisotopic (exact) mass is 309 g/mol. The highest BCUT2D eigenvalue weighted by atomic mass is 16.5. The van der Waals surface area contributed by atoms with Crippen LogP contribution in [0.15, 0.2) is 48.5 Å². The molecule has 0 aliphatic carbocycles. The van der Waals surface area contributed by atoms with Crippen LogP contribution >= 0.6 is 0 Å². The van der Waals surface area contributed by atoms with Crippen molar-refractivity contribution in [2.45, 2.75) is 19.8 Å². The highest BCUT2D eigenvalue weighted by Gasteiger charge is 2.34. The largest absolute Gasteiger partial charge is 0.494 e. The van der Waals surface area contributed by atoms with Gasteiger partial charge < -0.3 is 4.74 Å². The van der Waals surface area contributed by atoms with Crippen molar-refractivity contribution >= 4 is 11.8 Å². The zero-order valence-corrected chi connectivity index (χ0v) is 13.1. The lowest BCUT2D eigenvalue weighted by molar-refractivity contribution is 0.0649. The van der Waals surface area contributed by atoms with Gasteiger partial charge in [-0.15, -0.1) is 0 Å². The summed E-state index contributed by atoms with van der Waals surface area (Å²) in [5, 5.41) is 0. The second-order valence-electron chi connectivity index (χ2n) is 5.68. The SMILES string of the molecule is Cc1cccc(OCCCCN2C(=O)c3ccccc3C2=O)c1. The van der Waals surface area contributed by atoms with Crippen LogP contribution in [0.4, 0.5) is 0 Å². The van der Waals surface area contributed by atoms with Crippen molar-refractivity contribution in [2.75, 3.05) is 13.2 Å². The fourth-order valence-electron chi connectivity index (χ4n) is 2.71. The maximum atomic E-state index is 12.2. The summed E-state index contributed by atoms with van der Waals surface area (Å²) < 4.78 is 5.68. The number of fused-ring (bicyclic) bond motifs is 1. The second kappa shape index (κ2) is 6.65. The first-order valence-corrected chi connectivity index (χ1v) is 7.81. The predicted molar refractivity (Wildman–Crippen MR) is 87.7 cm³/mol. The zero-order chi connectivity index (χ0) is 16.2. The summed E-state index contributed by atoms with van der Waals surface area (Å²) in [7, 11) is 0. The highest BCUT2D eigenvalue weighted by Crippen LogP contribution is 2.22. The van der Waals surface area contributed by atoms with Crippen LogP contribution in [-0.4, -0.2) is 29.9 Å². The quantitative estimate of drug-likeness (QED) is 0.606. The van der Waals surface area contributed by atoms with Crippen molar-refractivity contribution in [3.8, 4) is 5.75 Å². The van der Waals surface area contributed by atoms with E-state index in [1.54, 1.807) is 24.3 Å². The summed E-state index contributed by atoms with van der Waals surface area (Å²) >= 11 is 0. The Labute approximate surface area is 135 Å². The Morgan fingerprint density at radius 2 is 1.61 bits per heavy atom. The molecule has 4 nitrogen and oxygen atoms in total. The summed E-state index contributed by atoms with van der Waals surface area (Å²) in [6.45, 7) is 3.03. The Bertz CT molecular complexity index is 704. The lowest BCUT2D eigenvalue weighted by Gasteiger charge is -2.13. The van der Waals surface area contributed by atoms with E-state index in [4.69, 9.17) is 4.74 Å². The number of carbonyl (C=O) groups is 2.